The topological polar surface area (TPSA) is 92.5 Å². The Morgan fingerprint density at radius 2 is 2.00 bits per heavy atom. The molecule has 3 aromatic rings. The number of likely N-dealkylation sites (tertiary alicyclic amines) is 1. The average Bonchev–Trinajstić information content (AvgIpc) is 3.34. The highest BCUT2D eigenvalue weighted by Gasteiger charge is 2.30. The van der Waals surface area contributed by atoms with E-state index < -0.39 is 0 Å². The van der Waals surface area contributed by atoms with E-state index in [0.717, 1.165) is 12.1 Å². The molecule has 4 rings (SSSR count). The van der Waals surface area contributed by atoms with Gasteiger partial charge in [0, 0.05) is 50.2 Å². The predicted octanol–water partition coefficient (Wildman–Crippen LogP) is 1.11. The smallest absolute Gasteiger partial charge is 0.256 e. The van der Waals surface area contributed by atoms with E-state index in [1.54, 1.807) is 42.3 Å². The van der Waals surface area contributed by atoms with E-state index in [9.17, 15) is 9.59 Å². The number of hydrogen-bond acceptors (Lipinski definition) is 5. The van der Waals surface area contributed by atoms with Gasteiger partial charge in [0.05, 0.1) is 11.9 Å². The number of nitrogens with zero attached hydrogens (tertiary/aromatic N) is 5. The second kappa shape index (κ2) is 6.55. The number of carbonyl (C=O) groups is 2. The summed E-state index contributed by atoms with van der Waals surface area (Å²) in [5.74, 6) is -0.0685. The van der Waals surface area contributed by atoms with Crippen molar-refractivity contribution in [2.45, 2.75) is 12.3 Å². The molecule has 1 fully saturated rings. The quantitative estimate of drug-likeness (QED) is 0.764. The van der Waals surface area contributed by atoms with Crippen molar-refractivity contribution in [3.8, 4) is 0 Å². The molecule has 26 heavy (non-hydrogen) atoms. The lowest BCUT2D eigenvalue weighted by molar-refractivity contribution is 0.0790. The number of pyridine rings is 1. The molecule has 8 nitrogen and oxygen atoms in total. The van der Waals surface area contributed by atoms with Gasteiger partial charge >= 0.3 is 0 Å². The van der Waals surface area contributed by atoms with Crippen LogP contribution in [0.15, 0.2) is 43.0 Å². The average molecular weight is 350 g/mol. The van der Waals surface area contributed by atoms with Crippen molar-refractivity contribution in [3.05, 3.63) is 59.8 Å². The summed E-state index contributed by atoms with van der Waals surface area (Å²) >= 11 is 0. The highest BCUT2D eigenvalue weighted by molar-refractivity contribution is 5.99. The van der Waals surface area contributed by atoms with Gasteiger partial charge in [-0.2, -0.15) is 5.10 Å². The second-order valence-electron chi connectivity index (χ2n) is 6.22. The molecule has 0 bridgehead atoms. The normalized spacial score (nSPS) is 16.8. The minimum Gasteiger partial charge on any atom is -0.355 e. The molecule has 0 unspecified atom stereocenters. The van der Waals surface area contributed by atoms with Crippen LogP contribution in [-0.4, -0.2) is 56.4 Å². The fraction of sp³-hybridized carbons (Fsp3) is 0.278. The molecule has 0 spiro atoms. The highest BCUT2D eigenvalue weighted by Crippen LogP contribution is 2.28. The summed E-state index contributed by atoms with van der Waals surface area (Å²) in [5, 5.41) is 6.94. The number of carbonyl (C=O) groups excluding carboxylic acids is 2. The third-order valence-electron chi connectivity index (χ3n) is 4.72. The molecule has 1 aliphatic heterocycles. The van der Waals surface area contributed by atoms with Crippen molar-refractivity contribution in [3.63, 3.8) is 0 Å². The lowest BCUT2D eigenvalue weighted by Gasteiger charge is -2.17. The van der Waals surface area contributed by atoms with E-state index in [1.807, 2.05) is 11.0 Å². The molecule has 1 atom stereocenters. The number of hydrogen-bond donors (Lipinski definition) is 1. The lowest BCUT2D eigenvalue weighted by atomic mass is 10.0. The zero-order chi connectivity index (χ0) is 18.1. The van der Waals surface area contributed by atoms with E-state index in [-0.39, 0.29) is 17.7 Å². The maximum atomic E-state index is 12.6. The van der Waals surface area contributed by atoms with Crippen LogP contribution >= 0.6 is 0 Å². The Morgan fingerprint density at radius 3 is 2.77 bits per heavy atom. The molecule has 3 aromatic heterocycles. The van der Waals surface area contributed by atoms with Gasteiger partial charge in [-0.15, -0.1) is 0 Å². The first-order chi connectivity index (χ1) is 12.7. The first-order valence-electron chi connectivity index (χ1n) is 8.43. The molecular formula is C18H18N6O2. The molecule has 4 heterocycles. The summed E-state index contributed by atoms with van der Waals surface area (Å²) in [6.45, 7) is 1.29. The molecular weight excluding hydrogens is 332 g/mol. The summed E-state index contributed by atoms with van der Waals surface area (Å²) in [6.07, 6.45) is 7.30. The molecule has 1 aliphatic rings. The van der Waals surface area contributed by atoms with Crippen LogP contribution in [0.25, 0.3) is 5.65 Å². The van der Waals surface area contributed by atoms with Gasteiger partial charge < -0.3 is 10.2 Å². The van der Waals surface area contributed by atoms with Gasteiger partial charge in [-0.3, -0.25) is 14.6 Å². The molecule has 1 saturated heterocycles. The Hall–Kier alpha value is -3.29. The van der Waals surface area contributed by atoms with Crippen LogP contribution in [0.2, 0.25) is 0 Å². The van der Waals surface area contributed by atoms with Crippen LogP contribution < -0.4 is 5.32 Å². The number of aromatic nitrogens is 4. The van der Waals surface area contributed by atoms with Gasteiger partial charge in [-0.1, -0.05) is 0 Å². The van der Waals surface area contributed by atoms with Crippen LogP contribution in [0.5, 0.6) is 0 Å². The largest absolute Gasteiger partial charge is 0.355 e. The Kier molecular flexibility index (Phi) is 4.08. The van der Waals surface area contributed by atoms with Gasteiger partial charge in [0.15, 0.2) is 5.65 Å². The van der Waals surface area contributed by atoms with Gasteiger partial charge in [0.25, 0.3) is 11.8 Å². The Bertz CT molecular complexity index is 968. The zero-order valence-corrected chi connectivity index (χ0v) is 14.3. The van der Waals surface area contributed by atoms with Crippen molar-refractivity contribution in [1.29, 1.82) is 0 Å². The van der Waals surface area contributed by atoms with Crippen LogP contribution in [-0.2, 0) is 0 Å². The number of fused-ring (bicyclic) bond motifs is 1. The van der Waals surface area contributed by atoms with Gasteiger partial charge in [-0.05, 0) is 24.6 Å². The molecule has 0 radical (unpaired) electrons. The second-order valence-corrected chi connectivity index (χ2v) is 6.22. The van der Waals surface area contributed by atoms with Gasteiger partial charge in [0.2, 0.25) is 0 Å². The van der Waals surface area contributed by atoms with Crippen molar-refractivity contribution < 1.29 is 9.59 Å². The molecule has 2 amide bonds. The van der Waals surface area contributed by atoms with Crippen LogP contribution in [0.1, 0.15) is 38.7 Å². The maximum absolute atomic E-state index is 12.6. The first kappa shape index (κ1) is 16.2. The van der Waals surface area contributed by atoms with Crippen LogP contribution in [0, 0.1) is 0 Å². The van der Waals surface area contributed by atoms with E-state index >= 15 is 0 Å². The zero-order valence-electron chi connectivity index (χ0n) is 14.3. The molecule has 8 heteroatoms. The molecule has 0 aliphatic carbocycles. The third kappa shape index (κ3) is 2.69. The Balaban J connectivity index is 1.60. The first-order valence-corrected chi connectivity index (χ1v) is 8.43. The lowest BCUT2D eigenvalue weighted by Crippen LogP contribution is -2.28. The van der Waals surface area contributed by atoms with Crippen molar-refractivity contribution >= 4 is 17.5 Å². The summed E-state index contributed by atoms with van der Waals surface area (Å²) in [4.78, 5) is 34.7. The van der Waals surface area contributed by atoms with E-state index in [2.05, 4.69) is 20.4 Å². The van der Waals surface area contributed by atoms with E-state index in [4.69, 9.17) is 0 Å². The number of rotatable bonds is 3. The Labute approximate surface area is 149 Å². The summed E-state index contributed by atoms with van der Waals surface area (Å²) in [7, 11) is 1.58. The Morgan fingerprint density at radius 1 is 1.19 bits per heavy atom. The predicted molar refractivity (Wildman–Crippen MR) is 93.9 cm³/mol. The number of amides is 2. The minimum atomic E-state index is -0.217. The fourth-order valence-corrected chi connectivity index (χ4v) is 3.38. The molecule has 132 valence electrons. The van der Waals surface area contributed by atoms with Crippen molar-refractivity contribution in [2.75, 3.05) is 20.1 Å². The summed E-state index contributed by atoms with van der Waals surface area (Å²) in [5.41, 5.74) is 2.56. The molecule has 1 N–H and O–H groups in total. The highest BCUT2D eigenvalue weighted by atomic mass is 16.2. The standard InChI is InChI=1S/C18H18N6O2/c1-19-17(25)14-10-22-24-15(4-8-21-16(14)24)13-5-9-23(11-13)18(26)12-2-6-20-7-3-12/h2-4,6-8,10,13H,5,9,11H2,1H3,(H,19,25)/t13-/m0/s1. The third-order valence-corrected chi connectivity index (χ3v) is 4.72. The maximum Gasteiger partial charge on any atom is 0.256 e. The summed E-state index contributed by atoms with van der Waals surface area (Å²) < 4.78 is 1.70. The molecule has 0 aromatic carbocycles. The van der Waals surface area contributed by atoms with Crippen LogP contribution in [0.3, 0.4) is 0 Å². The van der Waals surface area contributed by atoms with Crippen LogP contribution in [0.4, 0.5) is 0 Å². The van der Waals surface area contributed by atoms with E-state index in [0.29, 0.717) is 29.9 Å². The summed E-state index contributed by atoms with van der Waals surface area (Å²) in [6, 6.07) is 5.35. The number of nitrogens with one attached hydrogen (secondary N) is 1. The monoisotopic (exact) mass is 350 g/mol. The van der Waals surface area contributed by atoms with Crippen molar-refractivity contribution in [2.24, 2.45) is 0 Å². The van der Waals surface area contributed by atoms with Gasteiger partial charge in [0.1, 0.15) is 5.56 Å². The fourth-order valence-electron chi connectivity index (χ4n) is 3.38. The molecule has 0 saturated carbocycles. The minimum absolute atomic E-state index is 0.00622. The SMILES string of the molecule is CNC(=O)c1cnn2c([C@H]3CCN(C(=O)c4ccncc4)C3)ccnc12. The van der Waals surface area contributed by atoms with Gasteiger partial charge in [-0.25, -0.2) is 9.50 Å². The van der Waals surface area contributed by atoms with Crippen molar-refractivity contribution in [1.82, 2.24) is 29.8 Å². The van der Waals surface area contributed by atoms with E-state index in [1.165, 1.54) is 6.20 Å².